The summed E-state index contributed by atoms with van der Waals surface area (Å²) in [6.45, 7) is 2.32. The Kier molecular flexibility index (Phi) is 81.9. The SMILES string of the molecule is CC/C=C\C/C=C\C/C=C\C/C=C\C/C=C\C/C=C\CCCCCCCCCCCCC(=O)OCC(COP(=O)(O)OCC(O)COP(=O)(O)OCC(O)COC(=O)CCCCCCCCCCCCCCCCC/C=C\C/C=C\C/C=C\C/C=C\C/C=C\CC)OC(=O)CCCCCC/C=C\C/C=C\C/C=C\C/C=C\CC. The molecule has 644 valence electrons. The molecule has 0 bridgehead atoms. The predicted octanol–water partition coefficient (Wildman–Crippen LogP) is 26.9. The van der Waals surface area contributed by atoms with E-state index in [1.807, 2.05) is 0 Å². The van der Waals surface area contributed by atoms with Crippen molar-refractivity contribution < 1.29 is 75.8 Å². The van der Waals surface area contributed by atoms with Crippen LogP contribution in [0.25, 0.3) is 0 Å². The smallest absolute Gasteiger partial charge is 0.463 e. The summed E-state index contributed by atoms with van der Waals surface area (Å²) in [4.78, 5) is 58.9. The number of hydrogen-bond donors (Lipinski definition) is 4. The van der Waals surface area contributed by atoms with Gasteiger partial charge in [-0.1, -0.05) is 351 Å². The molecule has 5 unspecified atom stereocenters. The molecule has 5 atom stereocenters. The fourth-order valence-electron chi connectivity index (χ4n) is 11.5. The van der Waals surface area contributed by atoms with Crippen molar-refractivity contribution in [2.24, 2.45) is 0 Å². The minimum atomic E-state index is -4.95. The highest BCUT2D eigenvalue weighted by molar-refractivity contribution is 7.47. The second kappa shape index (κ2) is 86.0. The first-order valence-electron chi connectivity index (χ1n) is 44.1. The lowest BCUT2D eigenvalue weighted by atomic mass is 10.0. The zero-order valence-corrected chi connectivity index (χ0v) is 72.5. The third-order valence-corrected chi connectivity index (χ3v) is 20.0. The van der Waals surface area contributed by atoms with Gasteiger partial charge in [0.2, 0.25) is 0 Å². The van der Waals surface area contributed by atoms with Crippen LogP contribution in [0.4, 0.5) is 0 Å². The van der Waals surface area contributed by atoms with Crippen LogP contribution in [0.15, 0.2) is 182 Å². The molecular weight excluding hydrogens is 1460 g/mol. The second-order valence-electron chi connectivity index (χ2n) is 28.9. The van der Waals surface area contributed by atoms with Gasteiger partial charge in [0.05, 0.1) is 26.4 Å². The van der Waals surface area contributed by atoms with Crippen LogP contribution in [0.5, 0.6) is 0 Å². The highest BCUT2D eigenvalue weighted by atomic mass is 31.2. The van der Waals surface area contributed by atoms with Gasteiger partial charge >= 0.3 is 33.6 Å². The van der Waals surface area contributed by atoms with Gasteiger partial charge in [0, 0.05) is 19.3 Å². The lowest BCUT2D eigenvalue weighted by Gasteiger charge is -2.21. The normalized spacial score (nSPS) is 14.7. The van der Waals surface area contributed by atoms with E-state index in [4.69, 9.17) is 32.3 Å². The van der Waals surface area contributed by atoms with Crippen molar-refractivity contribution >= 4 is 33.6 Å². The van der Waals surface area contributed by atoms with E-state index in [0.29, 0.717) is 19.3 Å². The topological polar surface area (TPSA) is 231 Å². The largest absolute Gasteiger partial charge is 0.472 e. The van der Waals surface area contributed by atoms with Gasteiger partial charge in [-0.05, 0) is 154 Å². The van der Waals surface area contributed by atoms with E-state index in [2.05, 4.69) is 203 Å². The summed E-state index contributed by atoms with van der Waals surface area (Å²) in [5, 5.41) is 20.7. The molecular formula is C95H158O16P2. The van der Waals surface area contributed by atoms with Crippen molar-refractivity contribution in [3.63, 3.8) is 0 Å². The maximum atomic E-state index is 13.0. The Morgan fingerprint density at radius 3 is 0.699 bits per heavy atom. The summed E-state index contributed by atoms with van der Waals surface area (Å²) in [5.74, 6) is -1.61. The average Bonchev–Trinajstić information content (AvgIpc) is 0.897. The highest BCUT2D eigenvalue weighted by Crippen LogP contribution is 2.45. The summed E-state index contributed by atoms with van der Waals surface area (Å²) in [6, 6.07) is 0. The molecule has 0 heterocycles. The number of carbonyl (C=O) groups is 3. The molecule has 18 heteroatoms. The zero-order valence-electron chi connectivity index (χ0n) is 70.7. The Bertz CT molecular complexity index is 2780. The van der Waals surface area contributed by atoms with Crippen molar-refractivity contribution in [3.8, 4) is 0 Å². The van der Waals surface area contributed by atoms with Crippen LogP contribution in [-0.2, 0) is 55.8 Å². The quantitative estimate of drug-likeness (QED) is 0.0146. The Balaban J connectivity index is 4.56. The molecule has 113 heavy (non-hydrogen) atoms. The number of hydrogen-bond acceptors (Lipinski definition) is 14. The van der Waals surface area contributed by atoms with Crippen molar-refractivity contribution in [1.29, 1.82) is 0 Å². The molecule has 0 fully saturated rings. The molecule has 0 aliphatic heterocycles. The molecule has 0 aliphatic rings. The first kappa shape index (κ1) is 108. The number of aliphatic hydroxyl groups is 2. The molecule has 16 nitrogen and oxygen atoms in total. The molecule has 4 N–H and O–H groups in total. The second-order valence-corrected chi connectivity index (χ2v) is 31.8. The van der Waals surface area contributed by atoms with Crippen LogP contribution >= 0.6 is 15.6 Å². The summed E-state index contributed by atoms with van der Waals surface area (Å²) in [6.07, 6.45) is 112. The van der Waals surface area contributed by atoms with Gasteiger partial charge in [-0.15, -0.1) is 0 Å². The molecule has 0 amide bonds. The van der Waals surface area contributed by atoms with E-state index in [-0.39, 0.29) is 19.3 Å². The first-order valence-corrected chi connectivity index (χ1v) is 47.1. The molecule has 0 radical (unpaired) electrons. The molecule has 0 aromatic carbocycles. The molecule has 0 spiro atoms. The van der Waals surface area contributed by atoms with E-state index in [0.717, 1.165) is 173 Å². The number of esters is 3. The average molecular weight is 1620 g/mol. The molecule has 0 rings (SSSR count). The van der Waals surface area contributed by atoms with Gasteiger partial charge in [0.25, 0.3) is 0 Å². The number of unbranched alkanes of at least 4 members (excludes halogenated alkanes) is 29. The number of aliphatic hydroxyl groups excluding tert-OH is 2. The fourth-order valence-corrected chi connectivity index (χ4v) is 13.1. The first-order chi connectivity index (χ1) is 55.2. The van der Waals surface area contributed by atoms with Crippen molar-refractivity contribution in [1.82, 2.24) is 0 Å². The van der Waals surface area contributed by atoms with Crippen LogP contribution in [0.1, 0.15) is 342 Å². The van der Waals surface area contributed by atoms with Crippen LogP contribution in [0.3, 0.4) is 0 Å². The van der Waals surface area contributed by atoms with Crippen molar-refractivity contribution in [3.05, 3.63) is 182 Å². The third kappa shape index (κ3) is 87.3. The van der Waals surface area contributed by atoms with E-state index in [1.165, 1.54) is 109 Å². The maximum absolute atomic E-state index is 13.0. The number of phosphoric acid groups is 2. The molecule has 0 aromatic rings. The Morgan fingerprint density at radius 1 is 0.248 bits per heavy atom. The Labute approximate surface area is 687 Å². The number of phosphoric ester groups is 2. The molecule has 0 saturated carbocycles. The molecule has 0 aromatic heterocycles. The molecule has 0 saturated heterocycles. The number of ether oxygens (including phenoxy) is 3. The number of allylic oxidation sites excluding steroid dienone is 30. The van der Waals surface area contributed by atoms with Crippen LogP contribution in [0, 0.1) is 0 Å². The van der Waals surface area contributed by atoms with E-state index in [1.54, 1.807) is 0 Å². The minimum absolute atomic E-state index is 0.0703. The van der Waals surface area contributed by atoms with Gasteiger partial charge in [0.15, 0.2) is 6.10 Å². The maximum Gasteiger partial charge on any atom is 0.472 e. The summed E-state index contributed by atoms with van der Waals surface area (Å²) < 4.78 is 61.3. The molecule has 0 aliphatic carbocycles. The lowest BCUT2D eigenvalue weighted by Crippen LogP contribution is -2.30. The van der Waals surface area contributed by atoms with Gasteiger partial charge in [0.1, 0.15) is 25.4 Å². The standard InChI is InChI=1S/C95H158O16P2/c1-4-7-10-13-16-19-22-25-28-31-33-35-37-39-41-43-44-46-48-49-51-53-55-58-60-63-66-69-72-75-78-81-93(98)105-84-90(96)85-107-112(101,102)108-86-91(97)87-109-113(103,104)110-89-92(111-95(100)83-80-77-74-71-68-65-62-57-30-27-24-21-18-15-12-9-6-3)88-106-94(99)82-79-76-73-70-67-64-61-59-56-54-52-50-47-45-42-40-38-36-34-32-29-26-23-20-17-14-11-8-5-2/h7-12,16-21,25-30,33-36,39-42,47,50,62,65,90-92,96-97H,4-6,13-15,22-24,31-32,37-38,43-46,48-49,51-61,63-64,66-89H2,1-3H3,(H,101,102)(H,103,104)/b10-7-,11-8-,12-9-,19-16-,20-17-,21-18-,28-25-,29-26-,30-27-,35-33-,36-34-,41-39-,42-40-,50-47-,65-62-. The predicted molar refractivity (Wildman–Crippen MR) is 472 cm³/mol. The van der Waals surface area contributed by atoms with Crippen LogP contribution in [0.2, 0.25) is 0 Å². The van der Waals surface area contributed by atoms with Gasteiger partial charge < -0.3 is 34.2 Å². The zero-order chi connectivity index (χ0) is 82.2. The highest BCUT2D eigenvalue weighted by Gasteiger charge is 2.29. The van der Waals surface area contributed by atoms with E-state index < -0.39 is 91.5 Å². The Morgan fingerprint density at radius 2 is 0.442 bits per heavy atom. The Hall–Kier alpha value is -5.35. The summed E-state index contributed by atoms with van der Waals surface area (Å²) >= 11 is 0. The summed E-state index contributed by atoms with van der Waals surface area (Å²) in [7, 11) is -9.82. The van der Waals surface area contributed by atoms with Crippen molar-refractivity contribution in [2.75, 3.05) is 39.6 Å². The van der Waals surface area contributed by atoms with Crippen LogP contribution < -0.4 is 0 Å². The van der Waals surface area contributed by atoms with E-state index >= 15 is 0 Å². The van der Waals surface area contributed by atoms with Gasteiger partial charge in [-0.25, -0.2) is 9.13 Å². The third-order valence-electron chi connectivity index (χ3n) is 18.1. The van der Waals surface area contributed by atoms with Crippen molar-refractivity contribution in [2.45, 2.75) is 360 Å². The van der Waals surface area contributed by atoms with Gasteiger partial charge in [-0.2, -0.15) is 0 Å². The van der Waals surface area contributed by atoms with E-state index in [9.17, 15) is 43.5 Å². The van der Waals surface area contributed by atoms with Crippen LogP contribution in [-0.4, -0.2) is 95.9 Å². The summed E-state index contributed by atoms with van der Waals surface area (Å²) in [5.41, 5.74) is 0. The minimum Gasteiger partial charge on any atom is -0.463 e. The lowest BCUT2D eigenvalue weighted by molar-refractivity contribution is -0.161. The van der Waals surface area contributed by atoms with Gasteiger partial charge in [-0.3, -0.25) is 32.5 Å². The fraction of sp³-hybridized carbons (Fsp3) is 0.653. The number of carbonyl (C=O) groups excluding carboxylic acids is 3. The number of rotatable bonds is 82. The monoisotopic (exact) mass is 1620 g/mol.